The first-order valence-electron chi connectivity index (χ1n) is 9.25. The Bertz CT molecular complexity index is 1130. The Labute approximate surface area is 172 Å². The maximum atomic E-state index is 12.8. The summed E-state index contributed by atoms with van der Waals surface area (Å²) in [4.78, 5) is 12.8. The highest BCUT2D eigenvalue weighted by Crippen LogP contribution is 2.28. The average molecular weight is 409 g/mol. The van der Waals surface area contributed by atoms with Gasteiger partial charge in [-0.05, 0) is 42.7 Å². The van der Waals surface area contributed by atoms with Crippen LogP contribution in [0.1, 0.15) is 11.1 Å². The molecule has 0 saturated carbocycles. The van der Waals surface area contributed by atoms with E-state index < -0.39 is 15.9 Å². The Hall–Kier alpha value is -3.12. The van der Waals surface area contributed by atoms with Crippen LogP contribution in [-0.2, 0) is 14.8 Å². The number of anilines is 2. The van der Waals surface area contributed by atoms with Gasteiger partial charge in [0.1, 0.15) is 6.54 Å². The third-order valence-electron chi connectivity index (χ3n) is 4.82. The maximum absolute atomic E-state index is 12.8. The molecule has 0 fully saturated rings. The van der Waals surface area contributed by atoms with Crippen molar-refractivity contribution in [2.24, 2.45) is 0 Å². The van der Waals surface area contributed by atoms with Crippen LogP contribution in [0.25, 0.3) is 11.1 Å². The molecule has 150 valence electrons. The fourth-order valence-electron chi connectivity index (χ4n) is 3.17. The largest absolute Gasteiger partial charge is 0.324 e. The van der Waals surface area contributed by atoms with E-state index in [9.17, 15) is 13.2 Å². The highest BCUT2D eigenvalue weighted by molar-refractivity contribution is 7.92. The third kappa shape index (κ3) is 4.84. The molecule has 0 radical (unpaired) electrons. The molecule has 0 bridgehead atoms. The summed E-state index contributed by atoms with van der Waals surface area (Å²) in [5, 5.41) is 2.87. The van der Waals surface area contributed by atoms with E-state index in [0.29, 0.717) is 11.4 Å². The number of sulfonamides is 1. The Morgan fingerprint density at radius 1 is 0.897 bits per heavy atom. The third-order valence-corrected chi connectivity index (χ3v) is 5.94. The van der Waals surface area contributed by atoms with Crippen molar-refractivity contribution in [3.05, 3.63) is 83.9 Å². The molecule has 3 aromatic carbocycles. The van der Waals surface area contributed by atoms with Crippen molar-refractivity contribution in [1.82, 2.24) is 0 Å². The van der Waals surface area contributed by atoms with Crippen LogP contribution in [-0.4, -0.2) is 27.1 Å². The minimum Gasteiger partial charge on any atom is -0.324 e. The van der Waals surface area contributed by atoms with Gasteiger partial charge in [0, 0.05) is 11.3 Å². The molecule has 1 N–H and O–H groups in total. The Morgan fingerprint density at radius 3 is 2.24 bits per heavy atom. The molecule has 0 spiro atoms. The molecule has 3 rings (SSSR count). The summed E-state index contributed by atoms with van der Waals surface area (Å²) in [6, 6.07) is 22.6. The molecule has 0 aromatic heterocycles. The number of nitrogens with one attached hydrogen (secondary N) is 1. The van der Waals surface area contributed by atoms with Gasteiger partial charge in [-0.1, -0.05) is 60.7 Å². The van der Waals surface area contributed by atoms with Crippen molar-refractivity contribution in [2.75, 3.05) is 22.4 Å². The lowest BCUT2D eigenvalue weighted by molar-refractivity contribution is -0.114. The molecule has 6 heteroatoms. The first-order chi connectivity index (χ1) is 13.8. The molecule has 29 heavy (non-hydrogen) atoms. The molecule has 1 amide bonds. The van der Waals surface area contributed by atoms with Crippen LogP contribution in [0, 0.1) is 13.8 Å². The molecule has 0 aliphatic heterocycles. The van der Waals surface area contributed by atoms with E-state index >= 15 is 0 Å². The molecule has 0 unspecified atom stereocenters. The molecule has 0 heterocycles. The predicted molar refractivity (Wildman–Crippen MR) is 119 cm³/mol. The maximum Gasteiger partial charge on any atom is 0.245 e. The lowest BCUT2D eigenvalue weighted by atomic mass is 10.0. The summed E-state index contributed by atoms with van der Waals surface area (Å²) in [6.45, 7) is 3.47. The number of nitrogens with zero attached hydrogens (tertiary/aromatic N) is 1. The minimum absolute atomic E-state index is 0.299. The lowest BCUT2D eigenvalue weighted by Gasteiger charge is -2.24. The van der Waals surface area contributed by atoms with Crippen LogP contribution in [0.15, 0.2) is 72.8 Å². The topological polar surface area (TPSA) is 66.5 Å². The van der Waals surface area contributed by atoms with Gasteiger partial charge in [0.15, 0.2) is 0 Å². The molecule has 0 aliphatic carbocycles. The number of carbonyl (C=O) groups excluding carboxylic acids is 1. The number of hydrogen-bond acceptors (Lipinski definition) is 3. The smallest absolute Gasteiger partial charge is 0.245 e. The van der Waals surface area contributed by atoms with Gasteiger partial charge in [0.05, 0.1) is 11.9 Å². The van der Waals surface area contributed by atoms with Gasteiger partial charge in [-0.2, -0.15) is 0 Å². The van der Waals surface area contributed by atoms with Crippen molar-refractivity contribution >= 4 is 27.3 Å². The first-order valence-corrected chi connectivity index (χ1v) is 11.1. The SMILES string of the molecule is Cc1cccc(N(CC(=O)Nc2ccccc2-c2ccccc2)S(C)(=O)=O)c1C. The summed E-state index contributed by atoms with van der Waals surface area (Å²) >= 11 is 0. The van der Waals surface area contributed by atoms with Crippen molar-refractivity contribution in [3.63, 3.8) is 0 Å². The van der Waals surface area contributed by atoms with Crippen LogP contribution >= 0.6 is 0 Å². The van der Waals surface area contributed by atoms with Crippen molar-refractivity contribution in [1.29, 1.82) is 0 Å². The quantitative estimate of drug-likeness (QED) is 0.658. The molecule has 0 saturated heterocycles. The second-order valence-corrected chi connectivity index (χ2v) is 8.86. The van der Waals surface area contributed by atoms with E-state index in [1.807, 2.05) is 74.5 Å². The molecule has 5 nitrogen and oxygen atoms in total. The van der Waals surface area contributed by atoms with Gasteiger partial charge in [0.25, 0.3) is 0 Å². The highest BCUT2D eigenvalue weighted by atomic mass is 32.2. The first kappa shape index (κ1) is 20.6. The Kier molecular flexibility index (Phi) is 6.03. The fourth-order valence-corrected chi connectivity index (χ4v) is 4.08. The van der Waals surface area contributed by atoms with E-state index in [1.165, 1.54) is 0 Å². The summed E-state index contributed by atoms with van der Waals surface area (Å²) in [5.74, 6) is -0.403. The average Bonchev–Trinajstić information content (AvgIpc) is 2.69. The van der Waals surface area contributed by atoms with E-state index in [2.05, 4.69) is 5.32 Å². The zero-order valence-corrected chi connectivity index (χ0v) is 17.5. The number of para-hydroxylation sites is 1. The summed E-state index contributed by atoms with van der Waals surface area (Å²) in [6.07, 6.45) is 1.11. The fraction of sp³-hybridized carbons (Fsp3) is 0.174. The zero-order chi connectivity index (χ0) is 21.0. The lowest BCUT2D eigenvalue weighted by Crippen LogP contribution is -2.38. The summed E-state index contributed by atoms with van der Waals surface area (Å²) in [5.41, 5.74) is 4.79. The number of aryl methyl sites for hydroxylation is 1. The standard InChI is InChI=1S/C23H24N2O3S/c1-17-10-9-15-22(18(17)2)25(29(3,27)28)16-23(26)24-21-14-8-7-13-20(21)19-11-5-4-6-12-19/h4-15H,16H2,1-3H3,(H,24,26). The Morgan fingerprint density at radius 2 is 1.55 bits per heavy atom. The van der Waals surface area contributed by atoms with Crippen molar-refractivity contribution < 1.29 is 13.2 Å². The van der Waals surface area contributed by atoms with Crippen LogP contribution in [0.2, 0.25) is 0 Å². The molecular weight excluding hydrogens is 384 g/mol. The number of carbonyl (C=O) groups is 1. The molecule has 0 aliphatic rings. The van der Waals surface area contributed by atoms with Gasteiger partial charge in [-0.15, -0.1) is 0 Å². The molecule has 3 aromatic rings. The Balaban J connectivity index is 1.89. The summed E-state index contributed by atoms with van der Waals surface area (Å²) in [7, 11) is -3.63. The van der Waals surface area contributed by atoms with E-state index in [-0.39, 0.29) is 6.54 Å². The van der Waals surface area contributed by atoms with Gasteiger partial charge in [-0.25, -0.2) is 8.42 Å². The van der Waals surface area contributed by atoms with Crippen LogP contribution < -0.4 is 9.62 Å². The zero-order valence-electron chi connectivity index (χ0n) is 16.7. The second kappa shape index (κ2) is 8.49. The molecular formula is C23H24N2O3S. The number of benzene rings is 3. The van der Waals surface area contributed by atoms with Crippen LogP contribution in [0.4, 0.5) is 11.4 Å². The van der Waals surface area contributed by atoms with Gasteiger partial charge in [0.2, 0.25) is 15.9 Å². The highest BCUT2D eigenvalue weighted by Gasteiger charge is 2.23. The van der Waals surface area contributed by atoms with E-state index in [0.717, 1.165) is 32.8 Å². The number of hydrogen-bond donors (Lipinski definition) is 1. The van der Waals surface area contributed by atoms with Crippen molar-refractivity contribution in [2.45, 2.75) is 13.8 Å². The normalized spacial score (nSPS) is 11.1. The van der Waals surface area contributed by atoms with Gasteiger partial charge < -0.3 is 5.32 Å². The number of amides is 1. The number of rotatable bonds is 6. The molecule has 0 atom stereocenters. The van der Waals surface area contributed by atoms with Gasteiger partial charge >= 0.3 is 0 Å². The second-order valence-electron chi connectivity index (χ2n) is 6.95. The van der Waals surface area contributed by atoms with Crippen LogP contribution in [0.3, 0.4) is 0 Å². The van der Waals surface area contributed by atoms with Crippen molar-refractivity contribution in [3.8, 4) is 11.1 Å². The van der Waals surface area contributed by atoms with E-state index in [4.69, 9.17) is 0 Å². The monoisotopic (exact) mass is 408 g/mol. The van der Waals surface area contributed by atoms with Crippen LogP contribution in [0.5, 0.6) is 0 Å². The van der Waals surface area contributed by atoms with E-state index in [1.54, 1.807) is 12.1 Å². The van der Waals surface area contributed by atoms with Gasteiger partial charge in [-0.3, -0.25) is 9.10 Å². The predicted octanol–water partition coefficient (Wildman–Crippen LogP) is 4.38. The summed E-state index contributed by atoms with van der Waals surface area (Å²) < 4.78 is 26.0. The minimum atomic E-state index is -3.63.